The number of halogens is 1. The number of hydrogen-bond donors (Lipinski definition) is 1. The highest BCUT2D eigenvalue weighted by atomic mass is 127. The molecule has 0 fully saturated rings. The number of para-hydroxylation sites is 2. The van der Waals surface area contributed by atoms with Gasteiger partial charge in [-0.3, -0.25) is 0 Å². The lowest BCUT2D eigenvalue weighted by atomic mass is 10.2. The quantitative estimate of drug-likeness (QED) is 0.0459. The van der Waals surface area contributed by atoms with E-state index in [9.17, 15) is 0 Å². The second kappa shape index (κ2) is 36.0. The molecule has 0 saturated carbocycles. The Balaban J connectivity index is 1.62. The van der Waals surface area contributed by atoms with E-state index in [1.807, 2.05) is 18.2 Å². The molecular weight excluding hydrogens is 701 g/mol. The SMILES string of the molecule is Nc1ccccc1OCCOCCOCCOCCOCCOCCOCCOCCOCCOCCOCCCCCCI. The lowest BCUT2D eigenvalue weighted by Crippen LogP contribution is -2.15. The van der Waals surface area contributed by atoms with Gasteiger partial charge in [-0.2, -0.15) is 0 Å². The van der Waals surface area contributed by atoms with Crippen molar-refractivity contribution in [3.63, 3.8) is 0 Å². The van der Waals surface area contributed by atoms with E-state index in [1.165, 1.54) is 23.7 Å². The summed E-state index contributed by atoms with van der Waals surface area (Å²) >= 11 is 2.42. The average Bonchev–Trinajstić information content (AvgIpc) is 3.05. The number of ether oxygens (including phenoxy) is 11. The Morgan fingerprint density at radius 1 is 0.378 bits per heavy atom. The second-order valence-corrected chi connectivity index (χ2v) is 10.7. The number of rotatable bonds is 37. The van der Waals surface area contributed by atoms with Gasteiger partial charge in [-0.05, 0) is 29.4 Å². The fourth-order valence-electron chi connectivity index (χ4n) is 3.56. The van der Waals surface area contributed by atoms with E-state index < -0.39 is 0 Å². The van der Waals surface area contributed by atoms with Crippen molar-refractivity contribution >= 4 is 28.3 Å². The van der Waals surface area contributed by atoms with E-state index in [1.54, 1.807) is 6.07 Å². The van der Waals surface area contributed by atoms with Crippen LogP contribution in [0.25, 0.3) is 0 Å². The lowest BCUT2D eigenvalue weighted by Gasteiger charge is -2.09. The highest BCUT2D eigenvalue weighted by molar-refractivity contribution is 14.1. The number of nitrogen functional groups attached to an aromatic ring is 1. The van der Waals surface area contributed by atoms with E-state index in [0.29, 0.717) is 144 Å². The fraction of sp³-hybridized carbons (Fsp3) is 0.812. The van der Waals surface area contributed by atoms with Gasteiger partial charge >= 0.3 is 0 Å². The van der Waals surface area contributed by atoms with Crippen LogP contribution in [-0.4, -0.2) is 143 Å². The highest BCUT2D eigenvalue weighted by Crippen LogP contribution is 2.19. The standard InChI is InChI=1S/C32H58INO11/c33-9-5-1-2-6-10-35-11-12-36-13-14-37-15-16-38-17-18-39-19-20-40-21-22-41-23-24-42-25-26-43-27-28-44-29-30-45-32-8-4-3-7-31(32)34/h3-4,7-8H,1-2,5-6,9-30,34H2. The Morgan fingerprint density at radius 2 is 0.689 bits per heavy atom. The van der Waals surface area contributed by atoms with Crippen LogP contribution in [0.5, 0.6) is 5.75 Å². The molecular formula is C32H58INO11. The summed E-state index contributed by atoms with van der Waals surface area (Å²) in [6, 6.07) is 7.39. The zero-order valence-corrected chi connectivity index (χ0v) is 29.3. The van der Waals surface area contributed by atoms with Gasteiger partial charge in [0.25, 0.3) is 0 Å². The molecule has 13 heteroatoms. The van der Waals surface area contributed by atoms with Crippen molar-refractivity contribution in [2.75, 3.05) is 149 Å². The molecule has 0 radical (unpaired) electrons. The summed E-state index contributed by atoms with van der Waals surface area (Å²) < 4.78 is 61.7. The van der Waals surface area contributed by atoms with E-state index in [0.717, 1.165) is 13.0 Å². The van der Waals surface area contributed by atoms with E-state index >= 15 is 0 Å². The third-order valence-electron chi connectivity index (χ3n) is 5.92. The molecule has 0 atom stereocenters. The van der Waals surface area contributed by atoms with Crippen molar-refractivity contribution in [3.8, 4) is 5.75 Å². The first kappa shape index (κ1) is 42.2. The molecule has 0 aliphatic rings. The van der Waals surface area contributed by atoms with Crippen LogP contribution < -0.4 is 10.5 Å². The van der Waals surface area contributed by atoms with Crippen molar-refractivity contribution < 1.29 is 52.1 Å². The van der Waals surface area contributed by atoms with E-state index in [4.69, 9.17) is 57.8 Å². The summed E-state index contributed by atoms with van der Waals surface area (Å²) in [5.41, 5.74) is 6.44. The van der Waals surface area contributed by atoms with Gasteiger partial charge in [-0.1, -0.05) is 47.6 Å². The molecule has 12 nitrogen and oxygen atoms in total. The Labute approximate surface area is 284 Å². The summed E-state index contributed by atoms with van der Waals surface area (Å²) in [6.45, 7) is 11.3. The first-order valence-electron chi connectivity index (χ1n) is 16.1. The number of hydrogen-bond acceptors (Lipinski definition) is 12. The lowest BCUT2D eigenvalue weighted by molar-refractivity contribution is -0.0267. The predicted octanol–water partition coefficient (Wildman–Crippen LogP) is 3.81. The van der Waals surface area contributed by atoms with E-state index in [2.05, 4.69) is 22.6 Å². The van der Waals surface area contributed by atoms with Crippen LogP contribution in [-0.2, 0) is 47.4 Å². The minimum absolute atomic E-state index is 0.441. The number of unbranched alkanes of at least 4 members (excludes halogenated alkanes) is 3. The highest BCUT2D eigenvalue weighted by Gasteiger charge is 1.99. The largest absolute Gasteiger partial charge is 0.489 e. The van der Waals surface area contributed by atoms with Gasteiger partial charge in [0, 0.05) is 6.61 Å². The normalized spacial score (nSPS) is 11.4. The molecule has 0 aromatic heterocycles. The fourth-order valence-corrected chi connectivity index (χ4v) is 4.10. The summed E-state index contributed by atoms with van der Waals surface area (Å²) in [7, 11) is 0. The minimum Gasteiger partial charge on any atom is -0.489 e. The Hall–Kier alpha value is -0.850. The van der Waals surface area contributed by atoms with Crippen molar-refractivity contribution in [3.05, 3.63) is 24.3 Å². The van der Waals surface area contributed by atoms with Gasteiger partial charge in [0.05, 0.1) is 131 Å². The maximum Gasteiger partial charge on any atom is 0.142 e. The van der Waals surface area contributed by atoms with Crippen molar-refractivity contribution in [1.29, 1.82) is 0 Å². The van der Waals surface area contributed by atoms with Crippen LogP contribution in [0, 0.1) is 0 Å². The van der Waals surface area contributed by atoms with E-state index in [-0.39, 0.29) is 0 Å². The Bertz CT molecular complexity index is 723. The zero-order chi connectivity index (χ0) is 32.1. The Morgan fingerprint density at radius 3 is 1.04 bits per heavy atom. The predicted molar refractivity (Wildman–Crippen MR) is 182 cm³/mol. The number of nitrogens with two attached hydrogens (primary N) is 1. The van der Waals surface area contributed by atoms with Crippen LogP contribution in [0.4, 0.5) is 5.69 Å². The molecule has 1 aromatic carbocycles. The van der Waals surface area contributed by atoms with Crippen molar-refractivity contribution in [2.45, 2.75) is 25.7 Å². The second-order valence-electron chi connectivity index (χ2n) is 9.61. The molecule has 0 heterocycles. The first-order chi connectivity index (χ1) is 22.3. The van der Waals surface area contributed by atoms with Gasteiger partial charge in [0.2, 0.25) is 0 Å². The molecule has 45 heavy (non-hydrogen) atoms. The van der Waals surface area contributed by atoms with Crippen molar-refractivity contribution in [1.82, 2.24) is 0 Å². The average molecular weight is 760 g/mol. The smallest absolute Gasteiger partial charge is 0.142 e. The maximum absolute atomic E-state index is 5.82. The Kier molecular flexibility index (Phi) is 33.7. The van der Waals surface area contributed by atoms with Crippen LogP contribution in [0.2, 0.25) is 0 Å². The molecule has 1 rings (SSSR count). The van der Waals surface area contributed by atoms with Gasteiger partial charge in [0.1, 0.15) is 12.4 Å². The third kappa shape index (κ3) is 31.5. The monoisotopic (exact) mass is 759 g/mol. The third-order valence-corrected chi connectivity index (χ3v) is 6.69. The summed E-state index contributed by atoms with van der Waals surface area (Å²) in [5.74, 6) is 0.671. The molecule has 0 saturated heterocycles. The summed E-state index contributed by atoms with van der Waals surface area (Å²) in [5, 5.41) is 0. The molecule has 0 aliphatic carbocycles. The molecule has 0 bridgehead atoms. The molecule has 2 N–H and O–H groups in total. The van der Waals surface area contributed by atoms with Crippen LogP contribution in [0.1, 0.15) is 25.7 Å². The van der Waals surface area contributed by atoms with Crippen LogP contribution in [0.15, 0.2) is 24.3 Å². The zero-order valence-electron chi connectivity index (χ0n) is 27.1. The van der Waals surface area contributed by atoms with Gasteiger partial charge < -0.3 is 57.8 Å². The first-order valence-corrected chi connectivity index (χ1v) is 17.7. The van der Waals surface area contributed by atoms with Crippen LogP contribution in [0.3, 0.4) is 0 Å². The molecule has 1 aromatic rings. The van der Waals surface area contributed by atoms with Crippen molar-refractivity contribution in [2.24, 2.45) is 0 Å². The topological polar surface area (TPSA) is 128 Å². The molecule has 264 valence electrons. The van der Waals surface area contributed by atoms with Gasteiger partial charge in [0.15, 0.2) is 0 Å². The molecule has 0 aliphatic heterocycles. The summed E-state index contributed by atoms with van der Waals surface area (Å²) in [6.07, 6.45) is 4.98. The molecule has 0 amide bonds. The van der Waals surface area contributed by atoms with Gasteiger partial charge in [-0.25, -0.2) is 0 Å². The number of anilines is 1. The maximum atomic E-state index is 5.82. The number of alkyl halides is 1. The number of benzene rings is 1. The molecule has 0 spiro atoms. The van der Waals surface area contributed by atoms with Gasteiger partial charge in [-0.15, -0.1) is 0 Å². The minimum atomic E-state index is 0.441. The van der Waals surface area contributed by atoms with Crippen LogP contribution >= 0.6 is 22.6 Å². The molecule has 0 unspecified atom stereocenters. The summed E-state index contributed by atoms with van der Waals surface area (Å²) in [4.78, 5) is 0.